The Kier molecular flexibility index (Phi) is 6.20. The molecule has 1 heterocycles. The van der Waals surface area contributed by atoms with Crippen molar-refractivity contribution >= 4 is 15.7 Å². The highest BCUT2D eigenvalue weighted by Crippen LogP contribution is 2.17. The molecule has 0 radical (unpaired) electrons. The van der Waals surface area contributed by atoms with Crippen LogP contribution in [0.1, 0.15) is 13.8 Å². The summed E-state index contributed by atoms with van der Waals surface area (Å²) >= 11 is 0. The first kappa shape index (κ1) is 15.9. The summed E-state index contributed by atoms with van der Waals surface area (Å²) in [5, 5.41) is 3.05. The number of anilines is 1. The van der Waals surface area contributed by atoms with Crippen LogP contribution in [0.5, 0.6) is 0 Å². The molecule has 1 aromatic rings. The number of likely N-dealkylation sites (N-methyl/N-ethyl adjacent to an activating group) is 1. The van der Waals surface area contributed by atoms with E-state index in [0.29, 0.717) is 25.3 Å². The van der Waals surface area contributed by atoms with E-state index in [1.807, 2.05) is 25.8 Å². The second-order valence-corrected chi connectivity index (χ2v) is 5.86. The van der Waals surface area contributed by atoms with Crippen LogP contribution in [0.2, 0.25) is 0 Å². The van der Waals surface area contributed by atoms with Gasteiger partial charge < -0.3 is 10.2 Å². The molecule has 0 atom stereocenters. The number of nitrogens with zero attached hydrogens (tertiary/aromatic N) is 2. The molecule has 0 saturated carbocycles. The zero-order valence-corrected chi connectivity index (χ0v) is 12.5. The topological polar surface area (TPSA) is 74.3 Å². The minimum Gasteiger partial charge on any atom is -0.383 e. The Labute approximate surface area is 115 Å². The molecule has 0 saturated heterocycles. The van der Waals surface area contributed by atoms with Crippen LogP contribution in [0.3, 0.4) is 0 Å². The molecule has 1 aromatic heterocycles. The predicted octanol–water partition coefficient (Wildman–Crippen LogP) is 0.743. The van der Waals surface area contributed by atoms with Crippen molar-refractivity contribution in [2.75, 3.05) is 38.5 Å². The van der Waals surface area contributed by atoms with Gasteiger partial charge in [0.15, 0.2) is 5.03 Å². The Balaban J connectivity index is 2.77. The molecular formula is C12H22N4O2S. The average molecular weight is 286 g/mol. The van der Waals surface area contributed by atoms with Gasteiger partial charge in [-0.2, -0.15) is 0 Å². The highest BCUT2D eigenvalue weighted by atomic mass is 32.2. The van der Waals surface area contributed by atoms with Gasteiger partial charge in [-0.25, -0.2) is 18.1 Å². The summed E-state index contributed by atoms with van der Waals surface area (Å²) in [6.07, 6.45) is 1.48. The fourth-order valence-electron chi connectivity index (χ4n) is 1.53. The zero-order chi connectivity index (χ0) is 14.3. The lowest BCUT2D eigenvalue weighted by Crippen LogP contribution is -2.33. The van der Waals surface area contributed by atoms with E-state index in [1.165, 1.54) is 6.20 Å². The number of aromatic nitrogens is 1. The monoisotopic (exact) mass is 286 g/mol. The van der Waals surface area contributed by atoms with Crippen LogP contribution in [0, 0.1) is 0 Å². The molecule has 0 aliphatic rings. The van der Waals surface area contributed by atoms with Gasteiger partial charge in [0.05, 0.1) is 5.69 Å². The SMILES string of the molecule is CCNc1cccnc1S(=O)(=O)NCCN(C)CC. The summed E-state index contributed by atoms with van der Waals surface area (Å²) in [5.41, 5.74) is 0.529. The van der Waals surface area contributed by atoms with Gasteiger partial charge in [0.1, 0.15) is 0 Å². The van der Waals surface area contributed by atoms with Crippen molar-refractivity contribution in [3.63, 3.8) is 0 Å². The maximum absolute atomic E-state index is 12.2. The molecule has 1 rings (SSSR count). The minimum atomic E-state index is -3.57. The lowest BCUT2D eigenvalue weighted by atomic mass is 10.4. The lowest BCUT2D eigenvalue weighted by Gasteiger charge is -2.15. The maximum Gasteiger partial charge on any atom is 0.260 e. The predicted molar refractivity (Wildman–Crippen MR) is 76.8 cm³/mol. The highest BCUT2D eigenvalue weighted by molar-refractivity contribution is 7.89. The third-order valence-electron chi connectivity index (χ3n) is 2.72. The molecule has 0 aliphatic heterocycles. The third kappa shape index (κ3) is 4.77. The standard InChI is InChI=1S/C12H22N4O2S/c1-4-13-11-7-6-8-14-12(11)19(17,18)15-9-10-16(3)5-2/h6-8,13,15H,4-5,9-10H2,1-3H3. The van der Waals surface area contributed by atoms with Gasteiger partial charge in [-0.3, -0.25) is 0 Å². The Hall–Kier alpha value is -1.18. The Morgan fingerprint density at radius 2 is 2.11 bits per heavy atom. The number of sulfonamides is 1. The normalized spacial score (nSPS) is 11.8. The molecule has 0 fully saturated rings. The van der Waals surface area contributed by atoms with Gasteiger partial charge in [0, 0.05) is 25.8 Å². The number of nitrogens with one attached hydrogen (secondary N) is 2. The zero-order valence-electron chi connectivity index (χ0n) is 11.7. The van der Waals surface area contributed by atoms with E-state index in [2.05, 4.69) is 15.0 Å². The van der Waals surface area contributed by atoms with E-state index in [-0.39, 0.29) is 5.03 Å². The Morgan fingerprint density at radius 3 is 2.74 bits per heavy atom. The van der Waals surface area contributed by atoms with Crippen molar-refractivity contribution in [3.05, 3.63) is 18.3 Å². The fraction of sp³-hybridized carbons (Fsp3) is 0.583. The summed E-state index contributed by atoms with van der Waals surface area (Å²) in [7, 11) is -1.62. The average Bonchev–Trinajstić information content (AvgIpc) is 2.39. The first-order chi connectivity index (χ1) is 9.01. The van der Waals surface area contributed by atoms with E-state index < -0.39 is 10.0 Å². The second kappa shape index (κ2) is 7.42. The second-order valence-electron chi connectivity index (χ2n) is 4.18. The number of hydrogen-bond donors (Lipinski definition) is 2. The molecular weight excluding hydrogens is 264 g/mol. The van der Waals surface area contributed by atoms with Crippen molar-refractivity contribution in [2.45, 2.75) is 18.9 Å². The number of pyridine rings is 1. The van der Waals surface area contributed by atoms with Gasteiger partial charge in [-0.1, -0.05) is 6.92 Å². The summed E-state index contributed by atoms with van der Waals surface area (Å²) in [6.45, 7) is 6.50. The molecule has 0 aromatic carbocycles. The molecule has 0 amide bonds. The van der Waals surface area contributed by atoms with Crippen molar-refractivity contribution in [1.82, 2.24) is 14.6 Å². The summed E-state index contributed by atoms with van der Waals surface area (Å²) in [5.74, 6) is 0. The fourth-order valence-corrected chi connectivity index (χ4v) is 2.65. The first-order valence-corrected chi connectivity index (χ1v) is 7.86. The van der Waals surface area contributed by atoms with Gasteiger partial charge in [0.2, 0.25) is 0 Å². The van der Waals surface area contributed by atoms with Crippen LogP contribution in [-0.2, 0) is 10.0 Å². The quantitative estimate of drug-likeness (QED) is 0.737. The van der Waals surface area contributed by atoms with Crippen molar-refractivity contribution in [3.8, 4) is 0 Å². The molecule has 6 nitrogen and oxygen atoms in total. The molecule has 0 spiro atoms. The molecule has 0 unspecified atom stereocenters. The third-order valence-corrected chi connectivity index (χ3v) is 4.14. The van der Waals surface area contributed by atoms with Gasteiger partial charge in [0.25, 0.3) is 10.0 Å². The highest BCUT2D eigenvalue weighted by Gasteiger charge is 2.19. The van der Waals surface area contributed by atoms with E-state index in [9.17, 15) is 8.42 Å². The molecule has 0 aliphatic carbocycles. The van der Waals surface area contributed by atoms with Crippen molar-refractivity contribution in [2.24, 2.45) is 0 Å². The number of rotatable bonds is 8. The van der Waals surface area contributed by atoms with Crippen LogP contribution >= 0.6 is 0 Å². The van der Waals surface area contributed by atoms with E-state index in [1.54, 1.807) is 12.1 Å². The largest absolute Gasteiger partial charge is 0.383 e. The van der Waals surface area contributed by atoms with Crippen LogP contribution in [0.15, 0.2) is 23.4 Å². The van der Waals surface area contributed by atoms with Crippen LogP contribution in [0.25, 0.3) is 0 Å². The van der Waals surface area contributed by atoms with E-state index in [4.69, 9.17) is 0 Å². The molecule has 7 heteroatoms. The summed E-state index contributed by atoms with van der Waals surface area (Å²) < 4.78 is 26.9. The van der Waals surface area contributed by atoms with Gasteiger partial charge >= 0.3 is 0 Å². The Bertz CT molecular complexity index is 490. The Morgan fingerprint density at radius 1 is 1.37 bits per heavy atom. The summed E-state index contributed by atoms with van der Waals surface area (Å²) in [4.78, 5) is 5.99. The minimum absolute atomic E-state index is 0.0519. The van der Waals surface area contributed by atoms with Gasteiger partial charge in [-0.05, 0) is 32.6 Å². The summed E-state index contributed by atoms with van der Waals surface area (Å²) in [6, 6.07) is 3.42. The molecule has 2 N–H and O–H groups in total. The smallest absolute Gasteiger partial charge is 0.260 e. The first-order valence-electron chi connectivity index (χ1n) is 6.38. The molecule has 108 valence electrons. The lowest BCUT2D eigenvalue weighted by molar-refractivity contribution is 0.358. The maximum atomic E-state index is 12.2. The van der Waals surface area contributed by atoms with E-state index in [0.717, 1.165) is 6.54 Å². The van der Waals surface area contributed by atoms with Crippen molar-refractivity contribution < 1.29 is 8.42 Å². The van der Waals surface area contributed by atoms with E-state index >= 15 is 0 Å². The van der Waals surface area contributed by atoms with Crippen LogP contribution < -0.4 is 10.0 Å². The number of hydrogen-bond acceptors (Lipinski definition) is 5. The van der Waals surface area contributed by atoms with Crippen LogP contribution in [0.4, 0.5) is 5.69 Å². The molecule has 0 bridgehead atoms. The molecule has 19 heavy (non-hydrogen) atoms. The van der Waals surface area contributed by atoms with Crippen LogP contribution in [-0.4, -0.2) is 51.5 Å². The van der Waals surface area contributed by atoms with Crippen molar-refractivity contribution in [1.29, 1.82) is 0 Å². The van der Waals surface area contributed by atoms with Gasteiger partial charge in [-0.15, -0.1) is 0 Å².